The van der Waals surface area contributed by atoms with Crippen LogP contribution < -0.4 is 10.1 Å². The van der Waals surface area contributed by atoms with E-state index in [4.69, 9.17) is 16.3 Å². The Morgan fingerprint density at radius 3 is 2.63 bits per heavy atom. The lowest BCUT2D eigenvalue weighted by atomic mass is 10.1. The first-order valence-corrected chi connectivity index (χ1v) is 9.02. The van der Waals surface area contributed by atoms with Crippen LogP contribution in [0.3, 0.4) is 0 Å². The summed E-state index contributed by atoms with van der Waals surface area (Å²) in [6, 6.07) is 13.3. The van der Waals surface area contributed by atoms with Crippen LogP contribution in [0.4, 0.5) is 5.69 Å². The van der Waals surface area contributed by atoms with Crippen molar-refractivity contribution in [2.24, 2.45) is 0 Å². The van der Waals surface area contributed by atoms with Crippen molar-refractivity contribution in [3.63, 3.8) is 0 Å². The molecule has 0 saturated carbocycles. The maximum absolute atomic E-state index is 12.9. The van der Waals surface area contributed by atoms with E-state index < -0.39 is 0 Å². The zero-order valence-corrected chi connectivity index (χ0v) is 16.6. The van der Waals surface area contributed by atoms with Crippen molar-refractivity contribution in [3.8, 4) is 5.75 Å². The van der Waals surface area contributed by atoms with Gasteiger partial charge >= 0.3 is 0 Å². The monoisotopic (exact) mass is 383 g/mol. The lowest BCUT2D eigenvalue weighted by molar-refractivity contribution is 0.102. The van der Waals surface area contributed by atoms with Gasteiger partial charge in [0.15, 0.2) is 0 Å². The fourth-order valence-corrected chi connectivity index (χ4v) is 3.27. The van der Waals surface area contributed by atoms with E-state index in [0.29, 0.717) is 34.3 Å². The van der Waals surface area contributed by atoms with Gasteiger partial charge in [0.2, 0.25) is 0 Å². The number of halogens is 1. The quantitative estimate of drug-likeness (QED) is 0.690. The average molecular weight is 384 g/mol. The maximum Gasteiger partial charge on any atom is 0.259 e. The van der Waals surface area contributed by atoms with Crippen molar-refractivity contribution in [3.05, 3.63) is 75.6 Å². The molecule has 140 valence electrons. The van der Waals surface area contributed by atoms with Gasteiger partial charge in [-0.2, -0.15) is 5.10 Å². The van der Waals surface area contributed by atoms with Crippen LogP contribution in [0.5, 0.6) is 5.75 Å². The highest BCUT2D eigenvalue weighted by molar-refractivity contribution is 6.31. The van der Waals surface area contributed by atoms with Crippen LogP contribution in [0.2, 0.25) is 5.02 Å². The largest absolute Gasteiger partial charge is 0.495 e. The van der Waals surface area contributed by atoms with Crippen molar-refractivity contribution in [2.75, 3.05) is 12.4 Å². The lowest BCUT2D eigenvalue weighted by Gasteiger charge is -2.11. The molecule has 1 N–H and O–H groups in total. The molecule has 0 aliphatic heterocycles. The fourth-order valence-electron chi connectivity index (χ4n) is 3.07. The Kier molecular flexibility index (Phi) is 5.51. The van der Waals surface area contributed by atoms with Crippen molar-refractivity contribution < 1.29 is 9.53 Å². The lowest BCUT2D eigenvalue weighted by Crippen LogP contribution is -2.15. The van der Waals surface area contributed by atoms with Gasteiger partial charge in [-0.1, -0.05) is 35.9 Å². The van der Waals surface area contributed by atoms with E-state index in [2.05, 4.69) is 10.4 Å². The number of benzene rings is 2. The number of aryl methyl sites for hydroxylation is 2. The standard InChI is InChI=1S/C21H22ClN3O2/c1-13-9-10-19(27-4)18(11-13)23-21(26)20-14(2)24-25(15(20)3)12-16-7-5-6-8-17(16)22/h5-11H,12H2,1-4H3,(H,23,26). The minimum atomic E-state index is -0.209. The number of carbonyl (C=O) groups is 1. The van der Waals surface area contributed by atoms with Crippen LogP contribution in [0.15, 0.2) is 42.5 Å². The number of ether oxygens (including phenoxy) is 1. The summed E-state index contributed by atoms with van der Waals surface area (Å²) in [7, 11) is 1.58. The second kappa shape index (κ2) is 7.84. The van der Waals surface area contributed by atoms with Crippen LogP contribution in [0, 0.1) is 20.8 Å². The van der Waals surface area contributed by atoms with Crippen LogP contribution in [0.25, 0.3) is 0 Å². The highest BCUT2D eigenvalue weighted by Gasteiger charge is 2.20. The molecule has 1 heterocycles. The molecule has 0 bridgehead atoms. The zero-order chi connectivity index (χ0) is 19.6. The number of nitrogens with one attached hydrogen (secondary N) is 1. The van der Waals surface area contributed by atoms with Gasteiger partial charge in [0, 0.05) is 10.7 Å². The van der Waals surface area contributed by atoms with Crippen molar-refractivity contribution in [2.45, 2.75) is 27.3 Å². The highest BCUT2D eigenvalue weighted by atomic mass is 35.5. The molecular weight excluding hydrogens is 362 g/mol. The van der Waals surface area contributed by atoms with Crippen molar-refractivity contribution >= 4 is 23.2 Å². The molecule has 2 aromatic carbocycles. The molecule has 0 aliphatic rings. The number of hydrogen-bond acceptors (Lipinski definition) is 3. The molecular formula is C21H22ClN3O2. The first-order valence-electron chi connectivity index (χ1n) is 8.64. The van der Waals surface area contributed by atoms with E-state index in [1.165, 1.54) is 0 Å². The van der Waals surface area contributed by atoms with E-state index >= 15 is 0 Å². The molecule has 3 aromatic rings. The first-order chi connectivity index (χ1) is 12.9. The van der Waals surface area contributed by atoms with E-state index in [1.54, 1.807) is 11.8 Å². The molecule has 0 aliphatic carbocycles. The van der Waals surface area contributed by atoms with Gasteiger partial charge in [-0.25, -0.2) is 0 Å². The molecule has 0 unspecified atom stereocenters. The topological polar surface area (TPSA) is 56.1 Å². The van der Waals surface area contributed by atoms with Crippen LogP contribution in [-0.4, -0.2) is 22.8 Å². The van der Waals surface area contributed by atoms with Crippen LogP contribution >= 0.6 is 11.6 Å². The zero-order valence-electron chi connectivity index (χ0n) is 15.8. The van der Waals surface area contributed by atoms with E-state index in [1.807, 2.05) is 63.2 Å². The molecule has 0 atom stereocenters. The summed E-state index contributed by atoms with van der Waals surface area (Å²) in [5, 5.41) is 8.16. The van der Waals surface area contributed by atoms with Gasteiger partial charge in [-0.15, -0.1) is 0 Å². The second-order valence-corrected chi connectivity index (χ2v) is 6.86. The number of nitrogens with zero attached hydrogens (tertiary/aromatic N) is 2. The predicted octanol–water partition coefficient (Wildman–Crippen LogP) is 4.77. The highest BCUT2D eigenvalue weighted by Crippen LogP contribution is 2.27. The number of carbonyl (C=O) groups excluding carboxylic acids is 1. The molecule has 1 aromatic heterocycles. The number of aromatic nitrogens is 2. The fraction of sp³-hybridized carbons (Fsp3) is 0.238. The van der Waals surface area contributed by atoms with Crippen LogP contribution in [0.1, 0.15) is 32.9 Å². The molecule has 0 saturated heterocycles. The van der Waals surface area contributed by atoms with Gasteiger partial charge in [-0.05, 0) is 50.1 Å². The third kappa shape index (κ3) is 3.98. The normalized spacial score (nSPS) is 10.7. The molecule has 0 fully saturated rings. The summed E-state index contributed by atoms with van der Waals surface area (Å²) < 4.78 is 7.15. The summed E-state index contributed by atoms with van der Waals surface area (Å²) in [6.07, 6.45) is 0. The van der Waals surface area contributed by atoms with E-state index in [9.17, 15) is 4.79 Å². The second-order valence-electron chi connectivity index (χ2n) is 6.45. The Labute approximate surface area is 163 Å². The minimum Gasteiger partial charge on any atom is -0.495 e. The van der Waals surface area contributed by atoms with Crippen LogP contribution in [-0.2, 0) is 6.54 Å². The third-order valence-electron chi connectivity index (χ3n) is 4.49. The average Bonchev–Trinajstić information content (AvgIpc) is 2.90. The smallest absolute Gasteiger partial charge is 0.259 e. The number of methoxy groups -OCH3 is 1. The van der Waals surface area contributed by atoms with Gasteiger partial charge < -0.3 is 10.1 Å². The maximum atomic E-state index is 12.9. The number of rotatable bonds is 5. The summed E-state index contributed by atoms with van der Waals surface area (Å²) in [5.41, 5.74) is 4.65. The number of anilines is 1. The van der Waals surface area contributed by atoms with Gasteiger partial charge in [0.1, 0.15) is 5.75 Å². The minimum absolute atomic E-state index is 0.209. The summed E-state index contributed by atoms with van der Waals surface area (Å²) in [6.45, 7) is 6.19. The van der Waals surface area contributed by atoms with E-state index in [0.717, 1.165) is 16.8 Å². The SMILES string of the molecule is COc1ccc(C)cc1NC(=O)c1c(C)nn(Cc2ccccc2Cl)c1C. The van der Waals surface area contributed by atoms with Crippen molar-refractivity contribution in [1.29, 1.82) is 0 Å². The Morgan fingerprint density at radius 2 is 1.93 bits per heavy atom. The molecule has 27 heavy (non-hydrogen) atoms. The molecule has 6 heteroatoms. The summed E-state index contributed by atoms with van der Waals surface area (Å²) in [5.74, 6) is 0.409. The van der Waals surface area contributed by atoms with E-state index in [-0.39, 0.29) is 5.91 Å². The third-order valence-corrected chi connectivity index (χ3v) is 4.86. The first kappa shape index (κ1) is 19.0. The van der Waals surface area contributed by atoms with Gasteiger partial charge in [0.25, 0.3) is 5.91 Å². The van der Waals surface area contributed by atoms with Gasteiger partial charge in [-0.3, -0.25) is 9.48 Å². The number of hydrogen-bond donors (Lipinski definition) is 1. The molecule has 1 amide bonds. The Morgan fingerprint density at radius 1 is 1.19 bits per heavy atom. The molecule has 3 rings (SSSR count). The Balaban J connectivity index is 1.89. The molecule has 0 spiro atoms. The number of amides is 1. The molecule has 0 radical (unpaired) electrons. The summed E-state index contributed by atoms with van der Waals surface area (Å²) >= 11 is 6.26. The molecule has 5 nitrogen and oxygen atoms in total. The van der Waals surface area contributed by atoms with Gasteiger partial charge in [0.05, 0.1) is 30.6 Å². The predicted molar refractivity (Wildman–Crippen MR) is 108 cm³/mol. The Bertz CT molecular complexity index is 995. The Hall–Kier alpha value is -2.79. The van der Waals surface area contributed by atoms with Crippen molar-refractivity contribution in [1.82, 2.24) is 9.78 Å². The summed E-state index contributed by atoms with van der Waals surface area (Å²) in [4.78, 5) is 12.9.